The van der Waals surface area contributed by atoms with Crippen LogP contribution in [0.3, 0.4) is 0 Å². The van der Waals surface area contributed by atoms with Crippen LogP contribution >= 0.6 is 11.9 Å². The first-order chi connectivity index (χ1) is 11.1. The molecule has 1 aliphatic carbocycles. The van der Waals surface area contributed by atoms with Gasteiger partial charge in [0, 0.05) is 57.5 Å². The second-order valence-corrected chi connectivity index (χ2v) is 9.08. The van der Waals surface area contributed by atoms with Crippen molar-refractivity contribution in [2.75, 3.05) is 39.3 Å². The van der Waals surface area contributed by atoms with Gasteiger partial charge in [-0.3, -0.25) is 9.69 Å². The molecule has 0 atom stereocenters. The zero-order valence-corrected chi connectivity index (χ0v) is 15.7. The first-order valence-corrected chi connectivity index (χ1v) is 10.4. The lowest BCUT2D eigenvalue weighted by atomic mass is 9.86. The van der Waals surface area contributed by atoms with Crippen LogP contribution in [0.4, 0.5) is 0 Å². The topological polar surface area (TPSA) is 26.8 Å². The number of hydrogen-bond acceptors (Lipinski definition) is 4. The summed E-state index contributed by atoms with van der Waals surface area (Å²) in [6.07, 6.45) is 7.99. The van der Waals surface area contributed by atoms with Gasteiger partial charge in [-0.25, -0.2) is 4.31 Å². The number of rotatable bonds is 3. The molecule has 0 spiro atoms. The number of carbonyl (C=O) groups is 1. The molecular formula is C18H33N3OS. The lowest BCUT2D eigenvalue weighted by molar-refractivity contribution is -0.129. The maximum atomic E-state index is 11.4. The summed E-state index contributed by atoms with van der Waals surface area (Å²) in [5.74, 6) is 1.19. The van der Waals surface area contributed by atoms with E-state index in [0.29, 0.717) is 5.25 Å². The highest BCUT2D eigenvalue weighted by Gasteiger charge is 2.29. The maximum absolute atomic E-state index is 11.4. The predicted octanol–water partition coefficient (Wildman–Crippen LogP) is 2.84. The Morgan fingerprint density at radius 2 is 1.48 bits per heavy atom. The van der Waals surface area contributed by atoms with E-state index in [0.717, 1.165) is 37.9 Å². The van der Waals surface area contributed by atoms with Crippen LogP contribution in [0.1, 0.15) is 52.4 Å². The molecular weight excluding hydrogens is 306 g/mol. The van der Waals surface area contributed by atoms with Gasteiger partial charge in [-0.15, -0.1) is 0 Å². The Balaban J connectivity index is 1.36. The first kappa shape index (κ1) is 17.6. The Kier molecular flexibility index (Phi) is 6.27. The molecule has 132 valence electrons. The molecule has 23 heavy (non-hydrogen) atoms. The Morgan fingerprint density at radius 1 is 0.870 bits per heavy atom. The van der Waals surface area contributed by atoms with Crippen molar-refractivity contribution in [3.05, 3.63) is 0 Å². The van der Waals surface area contributed by atoms with E-state index in [-0.39, 0.29) is 5.91 Å². The summed E-state index contributed by atoms with van der Waals surface area (Å²) in [7, 11) is 0. The molecule has 5 heteroatoms. The fourth-order valence-electron chi connectivity index (χ4n) is 4.27. The molecule has 2 heterocycles. The van der Waals surface area contributed by atoms with Crippen LogP contribution in [0.25, 0.3) is 0 Å². The number of piperidine rings is 1. The molecule has 3 fully saturated rings. The summed E-state index contributed by atoms with van der Waals surface area (Å²) in [5, 5.41) is 0.715. The molecule has 3 aliphatic rings. The second kappa shape index (κ2) is 8.21. The first-order valence-electron chi connectivity index (χ1n) is 9.53. The van der Waals surface area contributed by atoms with Crippen LogP contribution in [0.5, 0.6) is 0 Å². The highest BCUT2D eigenvalue weighted by atomic mass is 32.2. The van der Waals surface area contributed by atoms with Crippen molar-refractivity contribution in [2.24, 2.45) is 5.92 Å². The molecule has 0 N–H and O–H groups in total. The van der Waals surface area contributed by atoms with Crippen molar-refractivity contribution in [3.8, 4) is 0 Å². The van der Waals surface area contributed by atoms with Crippen molar-refractivity contribution in [1.29, 1.82) is 0 Å². The molecule has 1 saturated carbocycles. The van der Waals surface area contributed by atoms with E-state index in [4.69, 9.17) is 0 Å². The van der Waals surface area contributed by atoms with Gasteiger partial charge in [0.15, 0.2) is 0 Å². The van der Waals surface area contributed by atoms with Gasteiger partial charge in [0.2, 0.25) is 5.91 Å². The fourth-order valence-corrected chi connectivity index (χ4v) is 5.49. The average molecular weight is 340 g/mol. The Labute approximate surface area is 146 Å². The van der Waals surface area contributed by atoms with E-state index in [2.05, 4.69) is 28.1 Å². The van der Waals surface area contributed by atoms with E-state index in [1.165, 1.54) is 51.9 Å². The summed E-state index contributed by atoms with van der Waals surface area (Å²) in [4.78, 5) is 16.2. The molecule has 2 saturated heterocycles. The second-order valence-electron chi connectivity index (χ2n) is 7.69. The van der Waals surface area contributed by atoms with E-state index in [1.54, 1.807) is 6.92 Å². The number of nitrogens with zero attached hydrogens (tertiary/aromatic N) is 3. The van der Waals surface area contributed by atoms with Crippen LogP contribution < -0.4 is 0 Å². The highest BCUT2D eigenvalue weighted by molar-refractivity contribution is 7.97. The fraction of sp³-hybridized carbons (Fsp3) is 0.944. The molecule has 0 bridgehead atoms. The number of piperazine rings is 1. The van der Waals surface area contributed by atoms with Gasteiger partial charge in [0.1, 0.15) is 0 Å². The standard InChI is InChI=1S/C18H33N3OS/c1-15-3-5-17(6-4-15)20-11-13-21(14-12-20)23-18-7-9-19(10-8-18)16(2)22/h15,17-18H,3-14H2,1-2H3. The molecule has 0 aromatic carbocycles. The van der Waals surface area contributed by atoms with E-state index in [9.17, 15) is 4.79 Å². The molecule has 1 amide bonds. The third-order valence-corrected chi connectivity index (χ3v) is 7.39. The number of hydrogen-bond donors (Lipinski definition) is 0. The molecule has 2 aliphatic heterocycles. The number of carbonyl (C=O) groups excluding carboxylic acids is 1. The van der Waals surface area contributed by atoms with E-state index < -0.39 is 0 Å². The molecule has 4 nitrogen and oxygen atoms in total. The molecule has 0 aromatic rings. The third kappa shape index (κ3) is 4.86. The lowest BCUT2D eigenvalue weighted by Crippen LogP contribution is -2.49. The number of likely N-dealkylation sites (tertiary alicyclic amines) is 1. The average Bonchev–Trinajstić information content (AvgIpc) is 2.57. The number of amides is 1. The summed E-state index contributed by atoms with van der Waals surface area (Å²) < 4.78 is 2.59. The summed E-state index contributed by atoms with van der Waals surface area (Å²) in [5.41, 5.74) is 0. The van der Waals surface area contributed by atoms with Gasteiger partial charge in [-0.05, 0) is 44.4 Å². The van der Waals surface area contributed by atoms with Crippen LogP contribution in [0.2, 0.25) is 0 Å². The maximum Gasteiger partial charge on any atom is 0.219 e. The quantitative estimate of drug-likeness (QED) is 0.739. The summed E-state index contributed by atoms with van der Waals surface area (Å²) in [6, 6.07) is 0.858. The minimum Gasteiger partial charge on any atom is -0.343 e. The highest BCUT2D eigenvalue weighted by Crippen LogP contribution is 2.30. The van der Waals surface area contributed by atoms with E-state index in [1.807, 2.05) is 4.90 Å². The van der Waals surface area contributed by atoms with Crippen LogP contribution in [0, 0.1) is 5.92 Å². The predicted molar refractivity (Wildman–Crippen MR) is 97.4 cm³/mol. The monoisotopic (exact) mass is 339 g/mol. The summed E-state index contributed by atoms with van der Waals surface area (Å²) >= 11 is 2.07. The van der Waals surface area contributed by atoms with Crippen molar-refractivity contribution in [2.45, 2.75) is 63.7 Å². The zero-order valence-electron chi connectivity index (χ0n) is 14.9. The minimum atomic E-state index is 0.240. The van der Waals surface area contributed by atoms with Crippen molar-refractivity contribution in [1.82, 2.24) is 14.1 Å². The Hall–Kier alpha value is -0.260. The minimum absolute atomic E-state index is 0.240. The summed E-state index contributed by atoms with van der Waals surface area (Å²) in [6.45, 7) is 10.9. The SMILES string of the molecule is CC(=O)N1CCC(SN2CCN(C3CCC(C)CC3)CC2)CC1. The Morgan fingerprint density at radius 3 is 2.04 bits per heavy atom. The van der Waals surface area contributed by atoms with Gasteiger partial charge in [-0.1, -0.05) is 18.9 Å². The van der Waals surface area contributed by atoms with Gasteiger partial charge < -0.3 is 4.90 Å². The molecule has 0 radical (unpaired) electrons. The zero-order chi connectivity index (χ0) is 16.2. The lowest BCUT2D eigenvalue weighted by Gasteiger charge is -2.42. The van der Waals surface area contributed by atoms with Crippen molar-refractivity contribution < 1.29 is 4.79 Å². The van der Waals surface area contributed by atoms with Gasteiger partial charge in [-0.2, -0.15) is 0 Å². The van der Waals surface area contributed by atoms with Crippen LogP contribution in [-0.2, 0) is 4.79 Å². The third-order valence-electron chi connectivity index (χ3n) is 5.96. The largest absolute Gasteiger partial charge is 0.343 e. The van der Waals surface area contributed by atoms with E-state index >= 15 is 0 Å². The molecule has 0 unspecified atom stereocenters. The van der Waals surface area contributed by atoms with Gasteiger partial charge in [0.05, 0.1) is 0 Å². The molecule has 3 rings (SSSR count). The smallest absolute Gasteiger partial charge is 0.219 e. The van der Waals surface area contributed by atoms with Gasteiger partial charge in [0.25, 0.3) is 0 Å². The normalized spacial score (nSPS) is 32.2. The molecule has 0 aromatic heterocycles. The van der Waals surface area contributed by atoms with Crippen molar-refractivity contribution >= 4 is 17.9 Å². The van der Waals surface area contributed by atoms with Crippen LogP contribution in [-0.4, -0.2) is 70.6 Å². The van der Waals surface area contributed by atoms with Crippen LogP contribution in [0.15, 0.2) is 0 Å². The van der Waals surface area contributed by atoms with Gasteiger partial charge >= 0.3 is 0 Å². The Bertz CT molecular complexity index is 382. The van der Waals surface area contributed by atoms with Crippen molar-refractivity contribution in [3.63, 3.8) is 0 Å².